The molecule has 0 spiro atoms. The zero-order chi connectivity index (χ0) is 9.97. The van der Waals surface area contributed by atoms with E-state index in [9.17, 15) is 0 Å². The Morgan fingerprint density at radius 1 is 1.50 bits per heavy atom. The molecule has 76 valence electrons. The van der Waals surface area contributed by atoms with Crippen molar-refractivity contribution in [3.8, 4) is 0 Å². The second-order valence-corrected chi connectivity index (χ2v) is 5.33. The van der Waals surface area contributed by atoms with Gasteiger partial charge in [0.05, 0.1) is 10.6 Å². The van der Waals surface area contributed by atoms with Crippen LogP contribution in [0.15, 0.2) is 22.0 Å². The quantitative estimate of drug-likeness (QED) is 0.777. The molecule has 2 atom stereocenters. The molecule has 0 amide bonds. The Morgan fingerprint density at radius 3 is 2.79 bits per heavy atom. The lowest BCUT2D eigenvalue weighted by molar-refractivity contribution is 0.127. The van der Waals surface area contributed by atoms with E-state index < -0.39 is 0 Å². The molecule has 1 saturated heterocycles. The first-order valence-corrected chi connectivity index (χ1v) is 6.19. The fourth-order valence-electron chi connectivity index (χ4n) is 1.36. The molecule has 0 radical (unpaired) electrons. The molecule has 0 aliphatic carbocycles. The van der Waals surface area contributed by atoms with E-state index in [1.165, 1.54) is 0 Å². The summed E-state index contributed by atoms with van der Waals surface area (Å²) in [6, 6.07) is 0. The van der Waals surface area contributed by atoms with E-state index in [1.54, 1.807) is 24.2 Å². The number of hydrogen-bond donors (Lipinski definition) is 0. The second kappa shape index (κ2) is 4.59. The van der Waals surface area contributed by atoms with Crippen molar-refractivity contribution in [2.24, 2.45) is 0 Å². The minimum Gasteiger partial charge on any atom is -0.377 e. The van der Waals surface area contributed by atoms with Crippen molar-refractivity contribution < 1.29 is 4.74 Å². The van der Waals surface area contributed by atoms with Gasteiger partial charge in [-0.05, 0) is 29.3 Å². The van der Waals surface area contributed by atoms with Crippen molar-refractivity contribution in [3.63, 3.8) is 0 Å². The molecule has 1 aliphatic heterocycles. The van der Waals surface area contributed by atoms with Gasteiger partial charge in [0.1, 0.15) is 0 Å². The summed E-state index contributed by atoms with van der Waals surface area (Å²) in [4.78, 5) is 8.45. The zero-order valence-corrected chi connectivity index (χ0v) is 10.2. The summed E-state index contributed by atoms with van der Waals surface area (Å²) in [6.45, 7) is 2.96. The van der Waals surface area contributed by atoms with Crippen molar-refractivity contribution in [3.05, 3.63) is 16.9 Å². The first-order chi connectivity index (χ1) is 6.75. The summed E-state index contributed by atoms with van der Waals surface area (Å²) in [5, 5.41) is 1.33. The summed E-state index contributed by atoms with van der Waals surface area (Å²) in [5.74, 6) is 0. The molecular formula is C9H11BrN2OS. The number of hydrogen-bond acceptors (Lipinski definition) is 4. The van der Waals surface area contributed by atoms with Gasteiger partial charge in [-0.15, -0.1) is 0 Å². The van der Waals surface area contributed by atoms with E-state index in [2.05, 4.69) is 32.8 Å². The molecule has 5 heteroatoms. The van der Waals surface area contributed by atoms with Crippen molar-refractivity contribution in [1.29, 1.82) is 0 Å². The molecule has 3 nitrogen and oxygen atoms in total. The third-order valence-electron chi connectivity index (χ3n) is 2.16. The molecule has 1 aliphatic rings. The molecule has 2 heterocycles. The van der Waals surface area contributed by atoms with Gasteiger partial charge in [0.25, 0.3) is 0 Å². The average molecular weight is 275 g/mol. The largest absolute Gasteiger partial charge is 0.377 e. The number of halogens is 1. The standard InChI is InChI=1S/C9H11BrN2OS/c1-6-8(2-3-13-6)14-9-11-4-7(10)5-12-9/h4-6,8H,2-3H2,1H3. The van der Waals surface area contributed by atoms with Crippen LogP contribution in [0.5, 0.6) is 0 Å². The predicted octanol–water partition coefficient (Wildman–Crippen LogP) is 2.51. The minimum absolute atomic E-state index is 0.312. The van der Waals surface area contributed by atoms with Gasteiger partial charge < -0.3 is 4.74 Å². The van der Waals surface area contributed by atoms with Crippen molar-refractivity contribution in [2.75, 3.05) is 6.61 Å². The molecule has 1 aromatic rings. The van der Waals surface area contributed by atoms with E-state index in [0.717, 1.165) is 22.7 Å². The van der Waals surface area contributed by atoms with Gasteiger partial charge in [-0.3, -0.25) is 0 Å². The molecule has 0 saturated carbocycles. The van der Waals surface area contributed by atoms with Crippen molar-refractivity contribution in [2.45, 2.75) is 29.9 Å². The highest BCUT2D eigenvalue weighted by molar-refractivity contribution is 9.10. The molecule has 1 aromatic heterocycles. The summed E-state index contributed by atoms with van der Waals surface area (Å²) >= 11 is 5.01. The van der Waals surface area contributed by atoms with Gasteiger partial charge in [0.2, 0.25) is 0 Å². The zero-order valence-electron chi connectivity index (χ0n) is 7.81. The normalized spacial score (nSPS) is 26.7. The van der Waals surface area contributed by atoms with Crippen LogP contribution in [0, 0.1) is 0 Å². The van der Waals surface area contributed by atoms with Gasteiger partial charge in [0, 0.05) is 24.3 Å². The lowest BCUT2D eigenvalue weighted by Gasteiger charge is -2.11. The Labute approximate surface area is 95.8 Å². The third-order valence-corrected chi connectivity index (χ3v) is 3.91. The van der Waals surface area contributed by atoms with E-state index >= 15 is 0 Å². The minimum atomic E-state index is 0.312. The Hall–Kier alpha value is -0.130. The van der Waals surface area contributed by atoms with Gasteiger partial charge >= 0.3 is 0 Å². The van der Waals surface area contributed by atoms with Crippen LogP contribution in [0.3, 0.4) is 0 Å². The van der Waals surface area contributed by atoms with Crippen LogP contribution in [0.4, 0.5) is 0 Å². The second-order valence-electron chi connectivity index (χ2n) is 3.20. The van der Waals surface area contributed by atoms with Crippen LogP contribution in [0.2, 0.25) is 0 Å². The summed E-state index contributed by atoms with van der Waals surface area (Å²) < 4.78 is 6.39. The summed E-state index contributed by atoms with van der Waals surface area (Å²) in [7, 11) is 0. The Kier molecular flexibility index (Phi) is 3.41. The van der Waals surface area contributed by atoms with Crippen LogP contribution >= 0.6 is 27.7 Å². The lowest BCUT2D eigenvalue weighted by Crippen LogP contribution is -2.13. The highest BCUT2D eigenvalue weighted by Crippen LogP contribution is 2.30. The fourth-order valence-corrected chi connectivity index (χ4v) is 2.55. The number of aromatic nitrogens is 2. The van der Waals surface area contributed by atoms with E-state index in [0.29, 0.717) is 11.4 Å². The van der Waals surface area contributed by atoms with Crippen LogP contribution in [-0.2, 0) is 4.74 Å². The smallest absolute Gasteiger partial charge is 0.187 e. The van der Waals surface area contributed by atoms with E-state index in [-0.39, 0.29) is 0 Å². The van der Waals surface area contributed by atoms with E-state index in [4.69, 9.17) is 4.74 Å². The molecule has 0 bridgehead atoms. The topological polar surface area (TPSA) is 35.0 Å². The Bertz CT molecular complexity index is 306. The number of nitrogens with zero attached hydrogens (tertiary/aromatic N) is 2. The van der Waals surface area contributed by atoms with Gasteiger partial charge in [-0.1, -0.05) is 11.8 Å². The molecule has 14 heavy (non-hydrogen) atoms. The molecule has 0 aromatic carbocycles. The monoisotopic (exact) mass is 274 g/mol. The van der Waals surface area contributed by atoms with Gasteiger partial charge in [0.15, 0.2) is 5.16 Å². The Balaban J connectivity index is 2.00. The summed E-state index contributed by atoms with van der Waals surface area (Å²) in [5.41, 5.74) is 0. The van der Waals surface area contributed by atoms with Gasteiger partial charge in [-0.25, -0.2) is 9.97 Å². The average Bonchev–Trinajstić information content (AvgIpc) is 2.56. The molecule has 0 N–H and O–H groups in total. The van der Waals surface area contributed by atoms with Crippen LogP contribution in [-0.4, -0.2) is 27.9 Å². The summed E-state index contributed by atoms with van der Waals surface area (Å²) in [6.07, 6.45) is 4.95. The maximum atomic E-state index is 5.48. The first-order valence-electron chi connectivity index (χ1n) is 4.51. The van der Waals surface area contributed by atoms with Crippen LogP contribution in [0.1, 0.15) is 13.3 Å². The third kappa shape index (κ3) is 2.46. The number of thioether (sulfide) groups is 1. The van der Waals surface area contributed by atoms with E-state index in [1.807, 2.05) is 0 Å². The first kappa shape index (κ1) is 10.4. The highest BCUT2D eigenvalue weighted by Gasteiger charge is 2.25. The molecule has 2 rings (SSSR count). The van der Waals surface area contributed by atoms with Crippen molar-refractivity contribution in [1.82, 2.24) is 9.97 Å². The fraction of sp³-hybridized carbons (Fsp3) is 0.556. The molecule has 1 fully saturated rings. The Morgan fingerprint density at radius 2 is 2.21 bits per heavy atom. The lowest BCUT2D eigenvalue weighted by atomic mass is 10.3. The van der Waals surface area contributed by atoms with Crippen LogP contribution < -0.4 is 0 Å². The van der Waals surface area contributed by atoms with Crippen molar-refractivity contribution >= 4 is 27.7 Å². The predicted molar refractivity (Wildman–Crippen MR) is 59.4 cm³/mol. The number of ether oxygens (including phenoxy) is 1. The SMILES string of the molecule is CC1OCCC1Sc1ncc(Br)cn1. The maximum absolute atomic E-state index is 5.48. The molecule has 2 unspecified atom stereocenters. The number of rotatable bonds is 2. The van der Waals surface area contributed by atoms with Crippen LogP contribution in [0.25, 0.3) is 0 Å². The molecular weight excluding hydrogens is 264 g/mol. The highest BCUT2D eigenvalue weighted by atomic mass is 79.9. The maximum Gasteiger partial charge on any atom is 0.187 e. The van der Waals surface area contributed by atoms with Gasteiger partial charge in [-0.2, -0.15) is 0 Å².